The maximum Gasteiger partial charge on any atom is 0.328 e. The van der Waals surface area contributed by atoms with Gasteiger partial charge in [-0.15, -0.1) is 0 Å². The van der Waals surface area contributed by atoms with Crippen molar-refractivity contribution in [1.29, 1.82) is 5.26 Å². The first kappa shape index (κ1) is 15.1. The molecular formula is C14H14N2O4S. The van der Waals surface area contributed by atoms with Crippen molar-refractivity contribution in [3.63, 3.8) is 0 Å². The molecule has 2 rings (SSSR count). The molecule has 1 N–H and O–H groups in total. The summed E-state index contributed by atoms with van der Waals surface area (Å²) in [5.74, 6) is -0.893. The van der Waals surface area contributed by atoms with Crippen LogP contribution < -0.4 is 4.90 Å². The molecule has 0 radical (unpaired) electrons. The standard InChI is InChI=1S/C14H14N2O4S/c15-10-12-9-11(2-4-14(17)18)1-3-13(12)16-5-7-21(19,20)8-6-16/h1-4,9H,5-8H2,(H,17,18)/b4-2+. The van der Waals surface area contributed by atoms with E-state index in [4.69, 9.17) is 5.11 Å². The van der Waals surface area contributed by atoms with Gasteiger partial charge in [-0.3, -0.25) is 0 Å². The summed E-state index contributed by atoms with van der Waals surface area (Å²) < 4.78 is 22.9. The largest absolute Gasteiger partial charge is 0.478 e. The van der Waals surface area contributed by atoms with Crippen LogP contribution in [-0.2, 0) is 14.6 Å². The van der Waals surface area contributed by atoms with Gasteiger partial charge in [-0.1, -0.05) is 6.07 Å². The molecule has 0 unspecified atom stereocenters. The Morgan fingerprint density at radius 3 is 2.57 bits per heavy atom. The predicted octanol–water partition coefficient (Wildman–Crippen LogP) is 0.891. The molecule has 1 fully saturated rings. The van der Waals surface area contributed by atoms with E-state index in [1.165, 1.54) is 6.08 Å². The number of aliphatic carboxylic acids is 1. The fourth-order valence-corrected chi connectivity index (χ4v) is 3.34. The van der Waals surface area contributed by atoms with Crippen LogP contribution in [0, 0.1) is 11.3 Å². The van der Waals surface area contributed by atoms with Crippen molar-refractivity contribution in [3.8, 4) is 6.07 Å². The van der Waals surface area contributed by atoms with Gasteiger partial charge < -0.3 is 10.0 Å². The topological polar surface area (TPSA) is 98.5 Å². The van der Waals surface area contributed by atoms with Crippen molar-refractivity contribution in [1.82, 2.24) is 0 Å². The number of carboxylic acid groups (broad SMARTS) is 1. The van der Waals surface area contributed by atoms with Crippen molar-refractivity contribution in [2.24, 2.45) is 0 Å². The highest BCUT2D eigenvalue weighted by molar-refractivity contribution is 7.91. The van der Waals surface area contributed by atoms with Gasteiger partial charge in [0, 0.05) is 19.2 Å². The summed E-state index contributed by atoms with van der Waals surface area (Å²) in [4.78, 5) is 12.4. The van der Waals surface area contributed by atoms with Gasteiger partial charge in [0.05, 0.1) is 22.8 Å². The molecule has 1 aromatic carbocycles. The fraction of sp³-hybridized carbons (Fsp3) is 0.286. The molecule has 0 aliphatic carbocycles. The second kappa shape index (κ2) is 5.97. The lowest BCUT2D eigenvalue weighted by Gasteiger charge is -2.29. The van der Waals surface area contributed by atoms with E-state index in [0.29, 0.717) is 29.9 Å². The summed E-state index contributed by atoms with van der Waals surface area (Å²) in [6.45, 7) is 0.725. The average molecular weight is 306 g/mol. The highest BCUT2D eigenvalue weighted by atomic mass is 32.2. The molecule has 1 saturated heterocycles. The number of anilines is 1. The van der Waals surface area contributed by atoms with Gasteiger partial charge in [-0.25, -0.2) is 13.2 Å². The van der Waals surface area contributed by atoms with Gasteiger partial charge in [-0.2, -0.15) is 5.26 Å². The van der Waals surface area contributed by atoms with Crippen LogP contribution in [0.1, 0.15) is 11.1 Å². The normalized spacial score (nSPS) is 17.6. The number of hydrogen-bond donors (Lipinski definition) is 1. The van der Waals surface area contributed by atoms with E-state index < -0.39 is 15.8 Å². The van der Waals surface area contributed by atoms with E-state index in [2.05, 4.69) is 6.07 Å². The maximum atomic E-state index is 11.4. The molecular weight excluding hydrogens is 292 g/mol. The Balaban J connectivity index is 2.25. The van der Waals surface area contributed by atoms with Crippen LogP contribution >= 0.6 is 0 Å². The lowest BCUT2D eigenvalue weighted by atomic mass is 10.1. The first-order valence-corrected chi connectivity index (χ1v) is 8.14. The third-order valence-corrected chi connectivity index (χ3v) is 4.85. The molecule has 0 bridgehead atoms. The number of hydrogen-bond acceptors (Lipinski definition) is 5. The molecule has 0 aromatic heterocycles. The van der Waals surface area contributed by atoms with Crippen LogP contribution in [0.2, 0.25) is 0 Å². The van der Waals surface area contributed by atoms with Crippen molar-refractivity contribution in [3.05, 3.63) is 35.4 Å². The first-order chi connectivity index (χ1) is 9.91. The van der Waals surface area contributed by atoms with Crippen LogP contribution in [0.25, 0.3) is 6.08 Å². The molecule has 0 spiro atoms. The van der Waals surface area contributed by atoms with Crippen LogP contribution in [0.3, 0.4) is 0 Å². The summed E-state index contributed by atoms with van der Waals surface area (Å²) in [5.41, 5.74) is 1.70. The van der Waals surface area contributed by atoms with E-state index in [1.54, 1.807) is 18.2 Å². The number of sulfone groups is 1. The van der Waals surface area contributed by atoms with E-state index >= 15 is 0 Å². The Bertz CT molecular complexity index is 718. The summed E-state index contributed by atoms with van der Waals surface area (Å²) in [6.07, 6.45) is 2.41. The molecule has 7 heteroatoms. The van der Waals surface area contributed by atoms with Crippen LogP contribution in [0.5, 0.6) is 0 Å². The number of nitrogens with zero attached hydrogens (tertiary/aromatic N) is 2. The molecule has 1 heterocycles. The molecule has 110 valence electrons. The SMILES string of the molecule is N#Cc1cc(/C=C/C(=O)O)ccc1N1CCS(=O)(=O)CC1. The Morgan fingerprint density at radius 2 is 2.00 bits per heavy atom. The minimum Gasteiger partial charge on any atom is -0.478 e. The first-order valence-electron chi connectivity index (χ1n) is 6.32. The number of rotatable bonds is 3. The van der Waals surface area contributed by atoms with Crippen LogP contribution in [0.15, 0.2) is 24.3 Å². The number of carbonyl (C=O) groups is 1. The van der Waals surface area contributed by atoms with Gasteiger partial charge in [-0.05, 0) is 23.8 Å². The highest BCUT2D eigenvalue weighted by Crippen LogP contribution is 2.23. The van der Waals surface area contributed by atoms with Crippen LogP contribution in [0.4, 0.5) is 5.69 Å². The third-order valence-electron chi connectivity index (χ3n) is 3.24. The Kier molecular flexibility index (Phi) is 4.29. The molecule has 1 aliphatic heterocycles. The van der Waals surface area contributed by atoms with Gasteiger partial charge >= 0.3 is 5.97 Å². The van der Waals surface area contributed by atoms with Crippen molar-refractivity contribution in [2.75, 3.05) is 29.5 Å². The lowest BCUT2D eigenvalue weighted by Crippen LogP contribution is -2.40. The second-order valence-electron chi connectivity index (χ2n) is 4.70. The molecule has 1 aliphatic rings. The molecule has 0 atom stereocenters. The molecule has 21 heavy (non-hydrogen) atoms. The van der Waals surface area contributed by atoms with Gasteiger partial charge in [0.25, 0.3) is 0 Å². The Labute approximate surface area is 122 Å². The smallest absolute Gasteiger partial charge is 0.328 e. The quantitative estimate of drug-likeness (QED) is 0.833. The average Bonchev–Trinajstić information content (AvgIpc) is 2.45. The zero-order valence-corrected chi connectivity index (χ0v) is 12.0. The number of carboxylic acids is 1. The van der Waals surface area contributed by atoms with E-state index in [0.717, 1.165) is 6.08 Å². The van der Waals surface area contributed by atoms with Crippen molar-refractivity contribution in [2.45, 2.75) is 0 Å². The fourth-order valence-electron chi connectivity index (χ4n) is 2.14. The Morgan fingerprint density at radius 1 is 1.33 bits per heavy atom. The summed E-state index contributed by atoms with van der Waals surface area (Å²) in [6, 6.07) is 7.09. The predicted molar refractivity (Wildman–Crippen MR) is 78.7 cm³/mol. The van der Waals surface area contributed by atoms with E-state index in [9.17, 15) is 18.5 Å². The summed E-state index contributed by atoms with van der Waals surface area (Å²) in [5, 5.41) is 17.8. The number of nitriles is 1. The monoisotopic (exact) mass is 306 g/mol. The highest BCUT2D eigenvalue weighted by Gasteiger charge is 2.23. The summed E-state index contributed by atoms with van der Waals surface area (Å²) >= 11 is 0. The van der Waals surface area contributed by atoms with Gasteiger partial charge in [0.1, 0.15) is 6.07 Å². The minimum atomic E-state index is -2.97. The zero-order chi connectivity index (χ0) is 15.5. The third kappa shape index (κ3) is 3.83. The van der Waals surface area contributed by atoms with Crippen molar-refractivity contribution < 1.29 is 18.3 Å². The summed E-state index contributed by atoms with van der Waals surface area (Å²) in [7, 11) is -2.97. The van der Waals surface area contributed by atoms with Crippen LogP contribution in [-0.4, -0.2) is 44.1 Å². The molecule has 0 amide bonds. The number of benzene rings is 1. The molecule has 1 aromatic rings. The molecule has 0 saturated carbocycles. The zero-order valence-electron chi connectivity index (χ0n) is 11.2. The van der Waals surface area contributed by atoms with Gasteiger partial charge in [0.15, 0.2) is 9.84 Å². The molecule has 6 nitrogen and oxygen atoms in total. The minimum absolute atomic E-state index is 0.0819. The maximum absolute atomic E-state index is 11.4. The van der Waals surface area contributed by atoms with E-state index in [1.807, 2.05) is 4.90 Å². The lowest BCUT2D eigenvalue weighted by molar-refractivity contribution is -0.131. The van der Waals surface area contributed by atoms with Crippen molar-refractivity contribution >= 4 is 27.6 Å². The van der Waals surface area contributed by atoms with E-state index in [-0.39, 0.29) is 11.5 Å². The second-order valence-corrected chi connectivity index (χ2v) is 7.00. The van der Waals surface area contributed by atoms with Gasteiger partial charge in [0.2, 0.25) is 0 Å². The Hall–Kier alpha value is -2.33.